The van der Waals surface area contributed by atoms with Crippen molar-refractivity contribution in [1.29, 1.82) is 15.8 Å². The van der Waals surface area contributed by atoms with Crippen molar-refractivity contribution in [1.82, 2.24) is 9.80 Å². The summed E-state index contributed by atoms with van der Waals surface area (Å²) < 4.78 is 0. The number of rotatable bonds is 6. The van der Waals surface area contributed by atoms with E-state index in [2.05, 4.69) is 125 Å². The summed E-state index contributed by atoms with van der Waals surface area (Å²) in [4.78, 5) is 5.87. The molecule has 3 fully saturated rings. The first kappa shape index (κ1) is 40.2. The van der Waals surface area contributed by atoms with Crippen LogP contribution < -0.4 is 0 Å². The van der Waals surface area contributed by atoms with Gasteiger partial charge in [-0.3, -0.25) is 4.90 Å². The van der Waals surface area contributed by atoms with Gasteiger partial charge in [0.2, 0.25) is 0 Å². The SMILES string of the molecule is N#CC1=CC2C3C=C(C#N)CCC3N(C3C=C(C4CCCCC4C4CCCC=C4C4C=CC=CC4C4C=C(C#N)CCC4)C=C(N4C5C=CCCC5C5C=CCCC54)C3)C2C=C1. The standard InChI is InChI=1S/C57H65N5/c58-34-37-12-11-13-40(28-37)44-14-1-3-16-46(44)48-18-5-6-19-49(48)47-17-4-2-15-45(47)41-31-42(61-54-22-9-7-20-50(54)51-21-8-10-23-55(51)61)33-43(32-41)62-56-26-24-38(35-59)29-52(56)53-30-39(36-60)25-27-57(53)62/h1,3,7,10,14,16,18,20,23-24,26,28-32,40,43-47,49-57H,2,4-6,8-9,11-13,15,17,19,21-22,25,27,33H2. The quantitative estimate of drug-likeness (QED) is 0.249. The van der Waals surface area contributed by atoms with E-state index in [1.165, 1.54) is 77.0 Å². The fourth-order valence-electron chi connectivity index (χ4n) is 15.5. The molecule has 15 atom stereocenters. The highest BCUT2D eigenvalue weighted by Gasteiger charge is 2.53. The summed E-state index contributed by atoms with van der Waals surface area (Å²) in [5.74, 6) is 4.75. The van der Waals surface area contributed by atoms with Crippen LogP contribution in [-0.4, -0.2) is 40.0 Å². The summed E-state index contributed by atoms with van der Waals surface area (Å²) in [6.45, 7) is 0. The molecule has 2 aliphatic heterocycles. The molecule has 2 saturated heterocycles. The third-order valence-electron chi connectivity index (χ3n) is 18.0. The molecule has 5 nitrogen and oxygen atoms in total. The Balaban J connectivity index is 0.988. The monoisotopic (exact) mass is 820 g/mol. The van der Waals surface area contributed by atoms with Gasteiger partial charge in [-0.1, -0.05) is 103 Å². The first-order valence-corrected chi connectivity index (χ1v) is 25.0. The van der Waals surface area contributed by atoms with Crippen molar-refractivity contribution >= 4 is 0 Å². The van der Waals surface area contributed by atoms with Crippen molar-refractivity contribution in [2.45, 2.75) is 139 Å². The van der Waals surface area contributed by atoms with Crippen molar-refractivity contribution in [3.63, 3.8) is 0 Å². The van der Waals surface area contributed by atoms with Gasteiger partial charge in [-0.05, 0) is 143 Å². The second kappa shape index (κ2) is 17.2. The average Bonchev–Trinajstić information content (AvgIpc) is 3.86. The van der Waals surface area contributed by atoms with E-state index in [-0.39, 0.29) is 23.9 Å². The molecule has 9 aliphatic carbocycles. The first-order valence-electron chi connectivity index (χ1n) is 25.0. The van der Waals surface area contributed by atoms with E-state index in [0.29, 0.717) is 65.5 Å². The van der Waals surface area contributed by atoms with E-state index in [0.717, 1.165) is 48.8 Å². The van der Waals surface area contributed by atoms with Gasteiger partial charge >= 0.3 is 0 Å². The Morgan fingerprint density at radius 1 is 0.581 bits per heavy atom. The zero-order chi connectivity index (χ0) is 41.7. The highest BCUT2D eigenvalue weighted by molar-refractivity contribution is 5.44. The Bertz CT molecular complexity index is 2270. The molecule has 318 valence electrons. The minimum absolute atomic E-state index is 0.214. The van der Waals surface area contributed by atoms with Gasteiger partial charge in [0.1, 0.15) is 0 Å². The second-order valence-electron chi connectivity index (χ2n) is 20.9. The number of hydrogen-bond acceptors (Lipinski definition) is 5. The fraction of sp³-hybridized carbons (Fsp3) is 0.561. The van der Waals surface area contributed by atoms with Crippen molar-refractivity contribution < 1.29 is 0 Å². The van der Waals surface area contributed by atoms with E-state index in [1.807, 2.05) is 0 Å². The molecule has 0 aromatic heterocycles. The molecular weight excluding hydrogens is 755 g/mol. The number of hydrogen-bond donors (Lipinski definition) is 0. The largest absolute Gasteiger partial charge is 0.364 e. The van der Waals surface area contributed by atoms with E-state index >= 15 is 0 Å². The lowest BCUT2D eigenvalue weighted by Crippen LogP contribution is -2.48. The predicted molar refractivity (Wildman–Crippen MR) is 247 cm³/mol. The zero-order valence-electron chi connectivity index (χ0n) is 36.7. The molecule has 0 aromatic carbocycles. The van der Waals surface area contributed by atoms with Gasteiger partial charge in [0.15, 0.2) is 0 Å². The molecule has 0 spiro atoms. The van der Waals surface area contributed by atoms with Crippen molar-refractivity contribution in [3.8, 4) is 18.2 Å². The molecular formula is C57H65N5. The normalized spacial score (nSPS) is 42.0. The van der Waals surface area contributed by atoms with Gasteiger partial charge in [-0.2, -0.15) is 15.8 Å². The molecule has 0 amide bonds. The molecule has 1 saturated carbocycles. The maximum absolute atomic E-state index is 10.1. The lowest BCUT2D eigenvalue weighted by Gasteiger charge is -2.47. The van der Waals surface area contributed by atoms with Crippen LogP contribution in [0.3, 0.4) is 0 Å². The van der Waals surface area contributed by atoms with Gasteiger partial charge in [0.25, 0.3) is 0 Å². The predicted octanol–water partition coefficient (Wildman–Crippen LogP) is 12.2. The highest BCUT2D eigenvalue weighted by Crippen LogP contribution is 2.55. The minimum Gasteiger partial charge on any atom is -0.364 e. The van der Waals surface area contributed by atoms with E-state index in [4.69, 9.17) is 0 Å². The van der Waals surface area contributed by atoms with Crippen LogP contribution in [0.15, 0.2) is 131 Å². The van der Waals surface area contributed by atoms with Crippen LogP contribution >= 0.6 is 0 Å². The summed E-state index contributed by atoms with van der Waals surface area (Å²) in [5.41, 5.74) is 7.58. The lowest BCUT2D eigenvalue weighted by atomic mass is 9.60. The van der Waals surface area contributed by atoms with Gasteiger partial charge in [0, 0.05) is 76.7 Å². The van der Waals surface area contributed by atoms with E-state index in [9.17, 15) is 15.8 Å². The van der Waals surface area contributed by atoms with Gasteiger partial charge in [0.05, 0.1) is 24.2 Å². The molecule has 2 heterocycles. The van der Waals surface area contributed by atoms with Gasteiger partial charge in [-0.25, -0.2) is 0 Å². The Morgan fingerprint density at radius 2 is 1.42 bits per heavy atom. The van der Waals surface area contributed by atoms with Gasteiger partial charge < -0.3 is 4.90 Å². The van der Waals surface area contributed by atoms with Crippen LogP contribution in [-0.2, 0) is 0 Å². The summed E-state index contributed by atoms with van der Waals surface area (Å²) >= 11 is 0. The van der Waals surface area contributed by atoms with Crippen molar-refractivity contribution in [2.75, 3.05) is 0 Å². The Hall–Kier alpha value is -4.63. The van der Waals surface area contributed by atoms with Crippen LogP contribution in [0.5, 0.6) is 0 Å². The van der Waals surface area contributed by atoms with Crippen LogP contribution in [0.25, 0.3) is 0 Å². The third-order valence-corrected chi connectivity index (χ3v) is 18.0. The number of allylic oxidation sites excluding steroid dienone is 15. The zero-order valence-corrected chi connectivity index (χ0v) is 36.7. The van der Waals surface area contributed by atoms with Crippen molar-refractivity contribution in [2.24, 2.45) is 59.2 Å². The third kappa shape index (κ3) is 7.05. The molecule has 0 radical (unpaired) electrons. The Morgan fingerprint density at radius 3 is 2.32 bits per heavy atom. The maximum Gasteiger partial charge on any atom is 0.0988 e. The van der Waals surface area contributed by atoms with Crippen LogP contribution in [0.2, 0.25) is 0 Å². The first-order chi connectivity index (χ1) is 30.6. The number of fused-ring (bicyclic) bond motifs is 6. The molecule has 62 heavy (non-hydrogen) atoms. The lowest BCUT2D eigenvalue weighted by molar-refractivity contribution is 0.136. The van der Waals surface area contributed by atoms with Crippen LogP contribution in [0, 0.1) is 93.2 Å². The second-order valence-corrected chi connectivity index (χ2v) is 20.9. The van der Waals surface area contributed by atoms with Gasteiger partial charge in [-0.15, -0.1) is 0 Å². The Labute approximate surface area is 371 Å². The number of nitriles is 3. The van der Waals surface area contributed by atoms with Crippen molar-refractivity contribution in [3.05, 3.63) is 131 Å². The molecule has 0 bridgehead atoms. The molecule has 11 rings (SSSR count). The molecule has 0 aromatic rings. The fourth-order valence-corrected chi connectivity index (χ4v) is 15.5. The summed E-state index contributed by atoms with van der Waals surface area (Å²) in [6.07, 6.45) is 59.3. The summed E-state index contributed by atoms with van der Waals surface area (Å²) in [7, 11) is 0. The molecule has 15 unspecified atom stereocenters. The topological polar surface area (TPSA) is 77.8 Å². The minimum atomic E-state index is 0.214. The molecule has 5 heteroatoms. The Kier molecular flexibility index (Phi) is 11.1. The summed E-state index contributed by atoms with van der Waals surface area (Å²) in [5, 5.41) is 30.1. The summed E-state index contributed by atoms with van der Waals surface area (Å²) in [6, 6.07) is 9.40. The smallest absolute Gasteiger partial charge is 0.0988 e. The van der Waals surface area contributed by atoms with E-state index in [1.54, 1.807) is 16.8 Å². The number of likely N-dealkylation sites (tertiary alicyclic amines) is 2. The van der Waals surface area contributed by atoms with Crippen LogP contribution in [0.1, 0.15) is 109 Å². The van der Waals surface area contributed by atoms with Crippen LogP contribution in [0.4, 0.5) is 0 Å². The molecule has 0 N–H and O–H groups in total. The highest BCUT2D eigenvalue weighted by atomic mass is 15.3. The average molecular weight is 820 g/mol. The number of nitrogens with zero attached hydrogens (tertiary/aromatic N) is 5. The maximum atomic E-state index is 10.1. The van der Waals surface area contributed by atoms with E-state index < -0.39 is 0 Å². The molecule has 11 aliphatic rings.